The third-order valence-corrected chi connectivity index (χ3v) is 4.73. The Labute approximate surface area is 173 Å². The van der Waals surface area contributed by atoms with Gasteiger partial charge in [-0.05, 0) is 24.1 Å². The minimum Gasteiger partial charge on any atom is -0.495 e. The van der Waals surface area contributed by atoms with E-state index in [-0.39, 0.29) is 29.7 Å². The smallest absolute Gasteiger partial charge is 0.272 e. The van der Waals surface area contributed by atoms with E-state index >= 15 is 0 Å². The first-order valence-electron chi connectivity index (χ1n) is 9.60. The molecule has 3 N–H and O–H groups in total. The summed E-state index contributed by atoms with van der Waals surface area (Å²) in [7, 11) is 1.52. The molecule has 0 aliphatic rings. The van der Waals surface area contributed by atoms with E-state index < -0.39 is 6.04 Å². The Balaban J connectivity index is 1.75. The van der Waals surface area contributed by atoms with Crippen molar-refractivity contribution >= 4 is 28.3 Å². The van der Waals surface area contributed by atoms with Crippen LogP contribution in [0.25, 0.3) is 10.8 Å². The quantitative estimate of drug-likeness (QED) is 0.555. The van der Waals surface area contributed by atoms with Gasteiger partial charge in [-0.1, -0.05) is 44.2 Å². The Kier molecular flexibility index (Phi) is 6.46. The summed E-state index contributed by atoms with van der Waals surface area (Å²) in [5, 5.41) is 13.1. The lowest BCUT2D eigenvalue weighted by molar-refractivity contribution is -0.127. The summed E-state index contributed by atoms with van der Waals surface area (Å²) < 4.78 is 5.26. The van der Waals surface area contributed by atoms with Gasteiger partial charge in [-0.2, -0.15) is 5.10 Å². The summed E-state index contributed by atoms with van der Waals surface area (Å²) in [5.41, 5.74) is 0.652. The van der Waals surface area contributed by atoms with E-state index in [1.54, 1.807) is 48.5 Å². The van der Waals surface area contributed by atoms with Crippen LogP contribution >= 0.6 is 0 Å². The molecule has 30 heavy (non-hydrogen) atoms. The average Bonchev–Trinajstić information content (AvgIpc) is 2.74. The summed E-state index contributed by atoms with van der Waals surface area (Å²) in [6.45, 7) is 3.70. The number of benzene rings is 2. The first-order valence-corrected chi connectivity index (χ1v) is 9.60. The zero-order valence-corrected chi connectivity index (χ0v) is 17.1. The number of aromatic amines is 1. The number of amides is 2. The van der Waals surface area contributed by atoms with Gasteiger partial charge in [0.1, 0.15) is 11.8 Å². The molecule has 1 aromatic heterocycles. The number of carbonyl (C=O) groups excluding carboxylic acids is 2. The minimum absolute atomic E-state index is 0.0670. The van der Waals surface area contributed by atoms with E-state index in [1.807, 2.05) is 13.8 Å². The van der Waals surface area contributed by atoms with Crippen LogP contribution in [0, 0.1) is 5.92 Å². The van der Waals surface area contributed by atoms with Gasteiger partial charge in [-0.3, -0.25) is 14.4 Å². The topological polar surface area (TPSA) is 113 Å². The molecule has 0 aliphatic carbocycles. The number of methoxy groups -OCH3 is 1. The maximum atomic E-state index is 12.8. The third-order valence-electron chi connectivity index (χ3n) is 4.73. The number of hydrogen-bond donors (Lipinski definition) is 3. The Morgan fingerprint density at radius 3 is 2.43 bits per heavy atom. The highest BCUT2D eigenvalue weighted by Gasteiger charge is 2.25. The van der Waals surface area contributed by atoms with Crippen molar-refractivity contribution in [2.24, 2.45) is 5.92 Å². The number of fused-ring (bicyclic) bond motifs is 1. The van der Waals surface area contributed by atoms with Gasteiger partial charge >= 0.3 is 0 Å². The van der Waals surface area contributed by atoms with Crippen molar-refractivity contribution in [3.05, 3.63) is 64.6 Å². The predicted molar refractivity (Wildman–Crippen MR) is 114 cm³/mol. The Morgan fingerprint density at radius 2 is 1.73 bits per heavy atom. The van der Waals surface area contributed by atoms with Crippen LogP contribution in [0.15, 0.2) is 53.3 Å². The molecule has 2 amide bonds. The van der Waals surface area contributed by atoms with Crippen LogP contribution in [0.5, 0.6) is 5.75 Å². The molecule has 0 saturated carbocycles. The number of anilines is 1. The molecular weight excluding hydrogens is 384 g/mol. The van der Waals surface area contributed by atoms with Crippen molar-refractivity contribution < 1.29 is 14.3 Å². The monoisotopic (exact) mass is 408 g/mol. The van der Waals surface area contributed by atoms with E-state index in [2.05, 4.69) is 20.8 Å². The Bertz CT molecular complexity index is 1120. The average molecular weight is 408 g/mol. The van der Waals surface area contributed by atoms with Crippen LogP contribution < -0.4 is 20.9 Å². The normalized spacial score (nSPS) is 11.9. The second-order valence-corrected chi connectivity index (χ2v) is 7.20. The minimum atomic E-state index is -0.753. The van der Waals surface area contributed by atoms with Crippen molar-refractivity contribution in [1.82, 2.24) is 15.5 Å². The van der Waals surface area contributed by atoms with Crippen LogP contribution in [0.1, 0.15) is 19.5 Å². The molecule has 8 nitrogen and oxygen atoms in total. The van der Waals surface area contributed by atoms with Gasteiger partial charge in [0.2, 0.25) is 11.8 Å². The number of aromatic nitrogens is 2. The summed E-state index contributed by atoms with van der Waals surface area (Å²) in [5.74, 6) is -0.330. The maximum absolute atomic E-state index is 12.8. The molecule has 0 radical (unpaired) electrons. The number of rotatable bonds is 7. The lowest BCUT2D eigenvalue weighted by Gasteiger charge is -2.22. The lowest BCUT2D eigenvalue weighted by Crippen LogP contribution is -2.47. The molecule has 0 spiro atoms. The number of hydrogen-bond acceptors (Lipinski definition) is 5. The van der Waals surface area contributed by atoms with Crippen molar-refractivity contribution in [1.29, 1.82) is 0 Å². The first kappa shape index (κ1) is 21.0. The molecule has 0 saturated heterocycles. The molecule has 8 heteroatoms. The summed E-state index contributed by atoms with van der Waals surface area (Å²) >= 11 is 0. The number of nitrogens with zero attached hydrogens (tertiary/aromatic N) is 1. The van der Waals surface area contributed by atoms with Crippen LogP contribution in [0.3, 0.4) is 0 Å². The number of carbonyl (C=O) groups is 2. The molecule has 0 bridgehead atoms. The van der Waals surface area contributed by atoms with E-state index in [0.29, 0.717) is 27.9 Å². The van der Waals surface area contributed by atoms with Crippen molar-refractivity contribution in [2.75, 3.05) is 12.4 Å². The molecular formula is C22H24N4O4. The fourth-order valence-corrected chi connectivity index (χ4v) is 3.18. The molecule has 1 unspecified atom stereocenters. The first-order chi connectivity index (χ1) is 14.4. The van der Waals surface area contributed by atoms with Gasteiger partial charge in [0.25, 0.3) is 5.56 Å². The van der Waals surface area contributed by atoms with Crippen LogP contribution in [-0.2, 0) is 16.0 Å². The molecule has 1 heterocycles. The molecule has 0 fully saturated rings. The van der Waals surface area contributed by atoms with E-state index in [1.165, 1.54) is 7.11 Å². The summed E-state index contributed by atoms with van der Waals surface area (Å²) in [6, 6.07) is 13.3. The highest BCUT2D eigenvalue weighted by atomic mass is 16.5. The van der Waals surface area contributed by atoms with Crippen molar-refractivity contribution in [3.63, 3.8) is 0 Å². The van der Waals surface area contributed by atoms with Crippen molar-refractivity contribution in [2.45, 2.75) is 26.3 Å². The van der Waals surface area contributed by atoms with Crippen LogP contribution in [0.2, 0.25) is 0 Å². The van der Waals surface area contributed by atoms with Gasteiger partial charge < -0.3 is 15.4 Å². The van der Waals surface area contributed by atoms with Gasteiger partial charge in [-0.25, -0.2) is 5.10 Å². The van der Waals surface area contributed by atoms with Gasteiger partial charge in [0.05, 0.1) is 30.3 Å². The van der Waals surface area contributed by atoms with E-state index in [4.69, 9.17) is 4.74 Å². The van der Waals surface area contributed by atoms with E-state index in [9.17, 15) is 14.4 Å². The van der Waals surface area contributed by atoms with Gasteiger partial charge in [0, 0.05) is 5.39 Å². The number of para-hydroxylation sites is 2. The van der Waals surface area contributed by atoms with E-state index in [0.717, 1.165) is 0 Å². The second-order valence-electron chi connectivity index (χ2n) is 7.20. The molecule has 1 atom stereocenters. The number of ether oxygens (including phenoxy) is 1. The zero-order chi connectivity index (χ0) is 21.7. The fraction of sp³-hybridized carbons (Fsp3) is 0.273. The van der Waals surface area contributed by atoms with Crippen LogP contribution in [-0.4, -0.2) is 35.2 Å². The SMILES string of the molecule is COc1ccccc1NC(=O)C(NC(=O)Cc1n[nH]c(=O)c2ccccc12)C(C)C. The number of H-pyrrole nitrogens is 1. The highest BCUT2D eigenvalue weighted by Crippen LogP contribution is 2.23. The van der Waals surface area contributed by atoms with Gasteiger partial charge in [-0.15, -0.1) is 0 Å². The molecule has 3 rings (SSSR count). The summed E-state index contributed by atoms with van der Waals surface area (Å²) in [4.78, 5) is 37.4. The molecule has 156 valence electrons. The lowest BCUT2D eigenvalue weighted by atomic mass is 10.0. The second kappa shape index (κ2) is 9.21. The van der Waals surface area contributed by atoms with Gasteiger partial charge in [0.15, 0.2) is 0 Å². The molecule has 0 aliphatic heterocycles. The highest BCUT2D eigenvalue weighted by molar-refractivity contribution is 5.99. The largest absolute Gasteiger partial charge is 0.495 e. The maximum Gasteiger partial charge on any atom is 0.272 e. The fourth-order valence-electron chi connectivity index (χ4n) is 3.18. The van der Waals surface area contributed by atoms with Crippen LogP contribution in [0.4, 0.5) is 5.69 Å². The Morgan fingerprint density at radius 1 is 1.07 bits per heavy atom. The standard InChI is InChI=1S/C22H24N4O4/c1-13(2)20(22(29)23-16-10-6-7-11-18(16)30-3)24-19(27)12-17-14-8-4-5-9-15(14)21(28)26-25-17/h4-11,13,20H,12H2,1-3H3,(H,23,29)(H,24,27)(H,26,28). The molecule has 2 aromatic carbocycles. The Hall–Kier alpha value is -3.68. The summed E-state index contributed by atoms with van der Waals surface area (Å²) in [6.07, 6.45) is -0.0670. The zero-order valence-electron chi connectivity index (χ0n) is 17.1. The van der Waals surface area contributed by atoms with Crippen molar-refractivity contribution in [3.8, 4) is 5.75 Å². The third kappa shape index (κ3) is 4.65. The predicted octanol–water partition coefficient (Wildman–Crippen LogP) is 2.25. The molecule has 3 aromatic rings. The number of nitrogens with one attached hydrogen (secondary N) is 3.